The van der Waals surface area contributed by atoms with Crippen molar-refractivity contribution in [3.05, 3.63) is 93.6 Å². The number of ether oxygens (including phenoxy) is 1. The van der Waals surface area contributed by atoms with Crippen molar-refractivity contribution in [2.24, 2.45) is 0 Å². The van der Waals surface area contributed by atoms with Crippen molar-refractivity contribution >= 4 is 34.2 Å². The highest BCUT2D eigenvalue weighted by Gasteiger charge is 2.20. The lowest BCUT2D eigenvalue weighted by Gasteiger charge is -2.19. The van der Waals surface area contributed by atoms with Gasteiger partial charge in [0.25, 0.3) is 5.91 Å². The van der Waals surface area contributed by atoms with Gasteiger partial charge in [-0.25, -0.2) is 0 Å². The molecule has 0 bridgehead atoms. The van der Waals surface area contributed by atoms with Gasteiger partial charge in [0.15, 0.2) is 12.4 Å². The first-order valence-electron chi connectivity index (χ1n) is 10.6. The monoisotopic (exact) mass is 461 g/mol. The number of hydrogen-bond donors (Lipinski definition) is 1. The smallest absolute Gasteiger partial charge is 0.262 e. The molecule has 6 heteroatoms. The van der Waals surface area contributed by atoms with E-state index in [1.165, 1.54) is 6.07 Å². The SMILES string of the molecule is CC(C)(C)c1ccc(-c2oc3ccc(Cl)cc3c(=O)c2OCC(=O)Nc2ccccc2)cc1. The molecule has 4 rings (SSSR count). The number of hydrogen-bond acceptors (Lipinski definition) is 4. The Morgan fingerprint density at radius 2 is 1.70 bits per heavy atom. The Morgan fingerprint density at radius 1 is 1.00 bits per heavy atom. The maximum atomic E-state index is 13.3. The minimum absolute atomic E-state index is 0.0195. The van der Waals surface area contributed by atoms with Crippen LogP contribution in [0.15, 0.2) is 82.0 Å². The zero-order valence-corrected chi connectivity index (χ0v) is 19.4. The third-order valence-corrected chi connectivity index (χ3v) is 5.46. The summed E-state index contributed by atoms with van der Waals surface area (Å²) in [6, 6.07) is 21.6. The molecule has 0 spiro atoms. The number of carbonyl (C=O) groups is 1. The largest absolute Gasteiger partial charge is 0.476 e. The number of amides is 1. The second kappa shape index (κ2) is 9.12. The van der Waals surface area contributed by atoms with Crippen molar-refractivity contribution in [2.45, 2.75) is 26.2 Å². The van der Waals surface area contributed by atoms with Crippen LogP contribution in [-0.2, 0) is 10.2 Å². The average Bonchev–Trinajstić information content (AvgIpc) is 2.79. The highest BCUT2D eigenvalue weighted by atomic mass is 35.5. The molecule has 1 amide bonds. The summed E-state index contributed by atoms with van der Waals surface area (Å²) in [7, 11) is 0. The van der Waals surface area contributed by atoms with Crippen LogP contribution in [0.2, 0.25) is 5.02 Å². The fourth-order valence-corrected chi connectivity index (χ4v) is 3.62. The number of carbonyl (C=O) groups excluding carboxylic acids is 1. The maximum absolute atomic E-state index is 13.3. The zero-order valence-electron chi connectivity index (χ0n) is 18.6. The van der Waals surface area contributed by atoms with Crippen LogP contribution < -0.4 is 15.5 Å². The van der Waals surface area contributed by atoms with Gasteiger partial charge in [0.2, 0.25) is 11.2 Å². The fourth-order valence-electron chi connectivity index (χ4n) is 3.45. The second-order valence-corrected chi connectivity index (χ2v) is 9.20. The summed E-state index contributed by atoms with van der Waals surface area (Å²) in [5, 5.41) is 3.44. The molecule has 1 heterocycles. The van der Waals surface area contributed by atoms with Crippen molar-refractivity contribution in [3.63, 3.8) is 0 Å². The molecule has 5 nitrogen and oxygen atoms in total. The van der Waals surface area contributed by atoms with Gasteiger partial charge in [0.05, 0.1) is 5.39 Å². The Kier molecular flexibility index (Phi) is 6.25. The highest BCUT2D eigenvalue weighted by Crippen LogP contribution is 2.33. The Labute approximate surface area is 197 Å². The van der Waals surface area contributed by atoms with Crippen LogP contribution in [0.1, 0.15) is 26.3 Å². The Bertz CT molecular complexity index is 1350. The first-order valence-corrected chi connectivity index (χ1v) is 10.9. The molecule has 0 atom stereocenters. The van der Waals surface area contributed by atoms with Gasteiger partial charge in [0, 0.05) is 16.3 Å². The Hall–Kier alpha value is -3.57. The molecule has 168 valence electrons. The van der Waals surface area contributed by atoms with E-state index in [1.54, 1.807) is 24.3 Å². The number of rotatable bonds is 5. The van der Waals surface area contributed by atoms with Gasteiger partial charge in [-0.3, -0.25) is 9.59 Å². The Morgan fingerprint density at radius 3 is 2.36 bits per heavy atom. The van der Waals surface area contributed by atoms with Crippen molar-refractivity contribution in [1.29, 1.82) is 0 Å². The molecule has 0 aliphatic carbocycles. The van der Waals surface area contributed by atoms with Crippen LogP contribution in [0, 0.1) is 0 Å². The fraction of sp³-hybridized carbons (Fsp3) is 0.185. The van der Waals surface area contributed by atoms with E-state index in [1.807, 2.05) is 42.5 Å². The van der Waals surface area contributed by atoms with Crippen molar-refractivity contribution in [3.8, 4) is 17.1 Å². The second-order valence-electron chi connectivity index (χ2n) is 8.76. The van der Waals surface area contributed by atoms with E-state index >= 15 is 0 Å². The molecule has 33 heavy (non-hydrogen) atoms. The average molecular weight is 462 g/mol. The molecule has 0 fully saturated rings. The third-order valence-electron chi connectivity index (χ3n) is 5.23. The van der Waals surface area contributed by atoms with Gasteiger partial charge in [0.1, 0.15) is 5.58 Å². The van der Waals surface area contributed by atoms with E-state index in [0.29, 0.717) is 21.9 Å². The summed E-state index contributed by atoms with van der Waals surface area (Å²) >= 11 is 6.09. The first-order chi connectivity index (χ1) is 15.7. The summed E-state index contributed by atoms with van der Waals surface area (Å²) in [6.07, 6.45) is 0. The van der Waals surface area contributed by atoms with Crippen LogP contribution in [-0.4, -0.2) is 12.5 Å². The molecule has 0 aliphatic rings. The van der Waals surface area contributed by atoms with Gasteiger partial charge >= 0.3 is 0 Å². The molecular formula is C27H24ClNO4. The lowest BCUT2D eigenvalue weighted by atomic mass is 9.86. The number of anilines is 1. The number of nitrogens with one attached hydrogen (secondary N) is 1. The summed E-state index contributed by atoms with van der Waals surface area (Å²) in [4.78, 5) is 25.7. The van der Waals surface area contributed by atoms with Crippen LogP contribution >= 0.6 is 11.6 Å². The van der Waals surface area contributed by atoms with Crippen LogP contribution in [0.5, 0.6) is 5.75 Å². The van der Waals surface area contributed by atoms with Crippen LogP contribution in [0.25, 0.3) is 22.3 Å². The predicted molar refractivity (Wildman–Crippen MR) is 132 cm³/mol. The van der Waals surface area contributed by atoms with Gasteiger partial charge in [-0.2, -0.15) is 0 Å². The van der Waals surface area contributed by atoms with Crippen molar-refractivity contribution in [2.75, 3.05) is 11.9 Å². The first kappa shape index (κ1) is 22.6. The molecule has 0 saturated carbocycles. The Balaban J connectivity index is 1.72. The molecule has 0 aliphatic heterocycles. The lowest BCUT2D eigenvalue weighted by Crippen LogP contribution is -2.22. The van der Waals surface area contributed by atoms with Crippen LogP contribution in [0.4, 0.5) is 5.69 Å². The summed E-state index contributed by atoms with van der Waals surface area (Å²) in [5.74, 6) is -0.153. The van der Waals surface area contributed by atoms with E-state index < -0.39 is 0 Å². The number of fused-ring (bicyclic) bond motifs is 1. The minimum Gasteiger partial charge on any atom is -0.476 e. The zero-order chi connectivity index (χ0) is 23.6. The van der Waals surface area contributed by atoms with E-state index in [0.717, 1.165) is 5.56 Å². The van der Waals surface area contributed by atoms with Gasteiger partial charge in [-0.05, 0) is 41.3 Å². The quantitative estimate of drug-likeness (QED) is 0.372. The van der Waals surface area contributed by atoms with E-state index in [-0.39, 0.29) is 40.3 Å². The van der Waals surface area contributed by atoms with Crippen LogP contribution in [0.3, 0.4) is 0 Å². The number of benzene rings is 3. The summed E-state index contributed by atoms with van der Waals surface area (Å²) < 4.78 is 11.8. The summed E-state index contributed by atoms with van der Waals surface area (Å²) in [5.41, 5.74) is 2.44. The maximum Gasteiger partial charge on any atom is 0.262 e. The molecule has 0 radical (unpaired) electrons. The molecular weight excluding hydrogens is 438 g/mol. The van der Waals surface area contributed by atoms with Gasteiger partial charge in [-0.1, -0.05) is 74.8 Å². The molecule has 0 unspecified atom stereocenters. The third kappa shape index (κ3) is 5.10. The molecule has 1 aromatic heterocycles. The van der Waals surface area contributed by atoms with E-state index in [9.17, 15) is 9.59 Å². The standard InChI is InChI=1S/C27H24ClNO4/c1-27(2,3)18-11-9-17(10-12-18)25-26(24(31)21-15-19(28)13-14-22(21)33-25)32-16-23(30)29-20-7-5-4-6-8-20/h4-15H,16H2,1-3H3,(H,29,30). The normalized spacial score (nSPS) is 11.4. The highest BCUT2D eigenvalue weighted by molar-refractivity contribution is 6.31. The molecule has 3 aromatic carbocycles. The van der Waals surface area contributed by atoms with Crippen molar-refractivity contribution in [1.82, 2.24) is 0 Å². The summed E-state index contributed by atoms with van der Waals surface area (Å²) in [6.45, 7) is 6.03. The lowest BCUT2D eigenvalue weighted by molar-refractivity contribution is -0.118. The molecule has 1 N–H and O–H groups in total. The number of halogens is 1. The van der Waals surface area contributed by atoms with E-state index in [2.05, 4.69) is 26.1 Å². The molecule has 4 aromatic rings. The predicted octanol–water partition coefficient (Wildman–Crippen LogP) is 6.43. The minimum atomic E-state index is -0.388. The topological polar surface area (TPSA) is 68.5 Å². The number of para-hydroxylation sites is 1. The van der Waals surface area contributed by atoms with Gasteiger partial charge in [-0.15, -0.1) is 0 Å². The van der Waals surface area contributed by atoms with E-state index in [4.69, 9.17) is 20.8 Å². The molecule has 0 saturated heterocycles. The van der Waals surface area contributed by atoms with Crippen molar-refractivity contribution < 1.29 is 13.9 Å². The van der Waals surface area contributed by atoms with Gasteiger partial charge < -0.3 is 14.5 Å².